The minimum absolute atomic E-state index is 0.0660. The molecule has 0 N–H and O–H groups in total. The van der Waals surface area contributed by atoms with Gasteiger partial charge in [0.15, 0.2) is 6.10 Å². The van der Waals surface area contributed by atoms with Crippen LogP contribution in [0.5, 0.6) is 0 Å². The number of carbonyl (C=O) groups is 3. The first-order valence-corrected chi connectivity index (χ1v) is 24.7. The summed E-state index contributed by atoms with van der Waals surface area (Å²) >= 11 is 0. The molecule has 0 fully saturated rings. The zero-order chi connectivity index (χ0) is 41.3. The van der Waals surface area contributed by atoms with E-state index in [9.17, 15) is 14.4 Å². The lowest BCUT2D eigenvalue weighted by Gasteiger charge is -2.18. The third kappa shape index (κ3) is 40.6. The van der Waals surface area contributed by atoms with Crippen LogP contribution >= 0.6 is 0 Å². The second-order valence-corrected chi connectivity index (χ2v) is 18.1. The van der Waals surface area contributed by atoms with Gasteiger partial charge in [-0.25, -0.2) is 0 Å². The topological polar surface area (TPSA) is 78.9 Å². The molecular weight excluding hydrogens is 697 g/mol. The minimum atomic E-state index is -0.763. The smallest absolute Gasteiger partial charge is 0.306 e. The van der Waals surface area contributed by atoms with E-state index in [1.165, 1.54) is 148 Å². The standard InChI is InChI=1S/C50H96O6/c1-7-45(5)37-31-25-19-16-17-21-29-35-41-50(53)56-47(43-55-49(52)40-34-28-23-22-26-32-38-46(6)8-2)42-54-48(51)39-33-27-20-15-13-11-9-10-12-14-18-24-30-36-44(3)4/h44-47H,7-43H2,1-6H3/t45?,46?,47-/m0/s1. The van der Waals surface area contributed by atoms with E-state index in [2.05, 4.69) is 41.5 Å². The monoisotopic (exact) mass is 793 g/mol. The number of hydrogen-bond acceptors (Lipinski definition) is 6. The number of unbranched alkanes of at least 4 members (excludes halogenated alkanes) is 24. The SMILES string of the molecule is CCC(C)CCCCCCCCCCC(=O)O[C@@H](COC(=O)CCCCCCCCCCCCCCCC(C)C)COC(=O)CCCCCCCCC(C)CC. The van der Waals surface area contributed by atoms with Crippen molar-refractivity contribution in [2.45, 2.75) is 272 Å². The Kier molecular flexibility index (Phi) is 40.4. The molecule has 6 heteroatoms. The first-order chi connectivity index (χ1) is 27.2. The Morgan fingerprint density at radius 1 is 0.357 bits per heavy atom. The van der Waals surface area contributed by atoms with Crippen molar-refractivity contribution in [3.05, 3.63) is 0 Å². The van der Waals surface area contributed by atoms with Gasteiger partial charge < -0.3 is 14.2 Å². The number of hydrogen-bond donors (Lipinski definition) is 0. The summed E-state index contributed by atoms with van der Waals surface area (Å²) in [6, 6.07) is 0. The molecule has 2 unspecified atom stereocenters. The van der Waals surface area contributed by atoms with E-state index >= 15 is 0 Å². The molecule has 0 spiro atoms. The molecule has 0 aliphatic heterocycles. The van der Waals surface area contributed by atoms with Crippen LogP contribution in [0.3, 0.4) is 0 Å². The highest BCUT2D eigenvalue weighted by Crippen LogP contribution is 2.18. The quantitative estimate of drug-likeness (QED) is 0.0348. The van der Waals surface area contributed by atoms with Gasteiger partial charge in [-0.3, -0.25) is 14.4 Å². The summed E-state index contributed by atoms with van der Waals surface area (Å²) in [5.41, 5.74) is 0. The normalized spacial score (nSPS) is 13.1. The van der Waals surface area contributed by atoms with Crippen LogP contribution in [-0.4, -0.2) is 37.2 Å². The minimum Gasteiger partial charge on any atom is -0.462 e. The van der Waals surface area contributed by atoms with Crippen molar-refractivity contribution in [3.63, 3.8) is 0 Å². The Hall–Kier alpha value is -1.59. The van der Waals surface area contributed by atoms with Crippen molar-refractivity contribution < 1.29 is 28.6 Å². The predicted molar refractivity (Wildman–Crippen MR) is 238 cm³/mol. The van der Waals surface area contributed by atoms with Crippen molar-refractivity contribution in [2.75, 3.05) is 13.2 Å². The Bertz CT molecular complexity index is 872. The van der Waals surface area contributed by atoms with Gasteiger partial charge in [-0.1, -0.05) is 228 Å². The Labute approximate surface area is 348 Å². The van der Waals surface area contributed by atoms with Gasteiger partial charge in [0, 0.05) is 19.3 Å². The van der Waals surface area contributed by atoms with Gasteiger partial charge in [0.1, 0.15) is 13.2 Å². The van der Waals surface area contributed by atoms with Gasteiger partial charge >= 0.3 is 17.9 Å². The van der Waals surface area contributed by atoms with Gasteiger partial charge in [-0.15, -0.1) is 0 Å². The van der Waals surface area contributed by atoms with E-state index < -0.39 is 6.10 Å². The van der Waals surface area contributed by atoms with E-state index in [0.29, 0.717) is 19.3 Å². The summed E-state index contributed by atoms with van der Waals surface area (Å²) in [4.78, 5) is 37.8. The highest BCUT2D eigenvalue weighted by Gasteiger charge is 2.19. The second-order valence-electron chi connectivity index (χ2n) is 18.1. The molecule has 0 radical (unpaired) electrons. The molecule has 0 aliphatic rings. The Morgan fingerprint density at radius 3 is 0.929 bits per heavy atom. The van der Waals surface area contributed by atoms with Crippen LogP contribution in [-0.2, 0) is 28.6 Å². The van der Waals surface area contributed by atoms with Crippen LogP contribution in [0.1, 0.15) is 266 Å². The molecule has 0 aromatic heterocycles. The molecule has 0 aromatic rings. The van der Waals surface area contributed by atoms with Crippen molar-refractivity contribution in [3.8, 4) is 0 Å². The third-order valence-electron chi connectivity index (χ3n) is 11.9. The van der Waals surface area contributed by atoms with Crippen LogP contribution in [0.15, 0.2) is 0 Å². The fraction of sp³-hybridized carbons (Fsp3) is 0.940. The van der Waals surface area contributed by atoms with E-state index in [1.54, 1.807) is 0 Å². The summed E-state index contributed by atoms with van der Waals surface area (Å²) in [6.07, 6.45) is 39.4. The lowest BCUT2D eigenvalue weighted by molar-refractivity contribution is -0.167. The van der Waals surface area contributed by atoms with Crippen LogP contribution in [0.2, 0.25) is 0 Å². The second kappa shape index (κ2) is 41.6. The van der Waals surface area contributed by atoms with E-state index in [1.807, 2.05) is 0 Å². The molecular formula is C50H96O6. The number of rotatable bonds is 43. The third-order valence-corrected chi connectivity index (χ3v) is 11.9. The average Bonchev–Trinajstić information content (AvgIpc) is 3.18. The van der Waals surface area contributed by atoms with E-state index in [4.69, 9.17) is 14.2 Å². The van der Waals surface area contributed by atoms with Crippen LogP contribution in [0, 0.1) is 17.8 Å². The highest BCUT2D eigenvalue weighted by molar-refractivity contribution is 5.71. The molecule has 0 aliphatic carbocycles. The summed E-state index contributed by atoms with van der Waals surface area (Å²) in [5.74, 6) is 1.64. The van der Waals surface area contributed by atoms with E-state index in [0.717, 1.165) is 75.5 Å². The summed E-state index contributed by atoms with van der Waals surface area (Å²) in [7, 11) is 0. The zero-order valence-electron chi connectivity index (χ0n) is 38.4. The number of carbonyl (C=O) groups excluding carboxylic acids is 3. The van der Waals surface area contributed by atoms with Gasteiger partial charge in [0.05, 0.1) is 0 Å². The maximum atomic E-state index is 12.7. The molecule has 0 aromatic carbocycles. The molecule has 0 amide bonds. The van der Waals surface area contributed by atoms with Gasteiger partial charge in [-0.05, 0) is 37.0 Å². The van der Waals surface area contributed by atoms with Crippen molar-refractivity contribution in [2.24, 2.45) is 17.8 Å². The Morgan fingerprint density at radius 2 is 0.625 bits per heavy atom. The van der Waals surface area contributed by atoms with Crippen LogP contribution < -0.4 is 0 Å². The molecule has 0 saturated carbocycles. The lowest BCUT2D eigenvalue weighted by atomic mass is 9.99. The van der Waals surface area contributed by atoms with Crippen LogP contribution in [0.4, 0.5) is 0 Å². The molecule has 56 heavy (non-hydrogen) atoms. The molecule has 3 atom stereocenters. The van der Waals surface area contributed by atoms with Crippen molar-refractivity contribution >= 4 is 17.9 Å². The maximum Gasteiger partial charge on any atom is 0.306 e. The summed E-state index contributed by atoms with van der Waals surface area (Å²) in [5, 5.41) is 0. The fourth-order valence-electron chi connectivity index (χ4n) is 7.34. The highest BCUT2D eigenvalue weighted by atomic mass is 16.6. The first-order valence-electron chi connectivity index (χ1n) is 24.7. The molecule has 0 bridgehead atoms. The fourth-order valence-corrected chi connectivity index (χ4v) is 7.34. The first kappa shape index (κ1) is 54.4. The van der Waals surface area contributed by atoms with Crippen LogP contribution in [0.25, 0.3) is 0 Å². The van der Waals surface area contributed by atoms with Gasteiger partial charge in [0.2, 0.25) is 0 Å². The number of ether oxygens (including phenoxy) is 3. The largest absolute Gasteiger partial charge is 0.462 e. The van der Waals surface area contributed by atoms with Crippen molar-refractivity contribution in [1.82, 2.24) is 0 Å². The molecule has 332 valence electrons. The van der Waals surface area contributed by atoms with Crippen molar-refractivity contribution in [1.29, 1.82) is 0 Å². The molecule has 6 nitrogen and oxygen atoms in total. The predicted octanol–water partition coefficient (Wildman–Crippen LogP) is 15.6. The summed E-state index contributed by atoms with van der Waals surface area (Å²) < 4.78 is 16.8. The maximum absolute atomic E-state index is 12.7. The van der Waals surface area contributed by atoms with Gasteiger partial charge in [0.25, 0.3) is 0 Å². The van der Waals surface area contributed by atoms with Gasteiger partial charge in [-0.2, -0.15) is 0 Å². The molecule has 0 saturated heterocycles. The molecule has 0 rings (SSSR count). The Balaban J connectivity index is 4.31. The average molecular weight is 793 g/mol. The zero-order valence-corrected chi connectivity index (χ0v) is 38.4. The van der Waals surface area contributed by atoms with E-state index in [-0.39, 0.29) is 31.1 Å². The lowest BCUT2D eigenvalue weighted by Crippen LogP contribution is -2.30. The number of esters is 3. The summed E-state index contributed by atoms with van der Waals surface area (Å²) in [6.45, 7) is 13.7. The molecule has 0 heterocycles.